The van der Waals surface area contributed by atoms with Crippen LogP contribution in [0.5, 0.6) is 11.5 Å². The summed E-state index contributed by atoms with van der Waals surface area (Å²) in [5.41, 5.74) is 1.38. The van der Waals surface area contributed by atoms with Crippen LogP contribution in [0.1, 0.15) is 10.4 Å². The molecule has 0 bridgehead atoms. The number of ether oxygens (including phenoxy) is 2. The molecule has 7 heteroatoms. The molecular formula is C19H13BrN2O3S. The molecular weight excluding hydrogens is 416 g/mol. The van der Waals surface area contributed by atoms with Crippen LogP contribution in [0.2, 0.25) is 0 Å². The number of nitrogens with zero attached hydrogens (tertiary/aromatic N) is 2. The van der Waals surface area contributed by atoms with Gasteiger partial charge in [0.25, 0.3) is 5.91 Å². The Morgan fingerprint density at radius 2 is 2.04 bits per heavy atom. The summed E-state index contributed by atoms with van der Waals surface area (Å²) in [5, 5.41) is 0. The van der Waals surface area contributed by atoms with Crippen LogP contribution in [-0.4, -0.2) is 23.7 Å². The number of amides is 1. The van der Waals surface area contributed by atoms with Gasteiger partial charge in [-0.3, -0.25) is 4.79 Å². The van der Waals surface area contributed by atoms with Gasteiger partial charge >= 0.3 is 0 Å². The lowest BCUT2D eigenvalue weighted by Crippen LogP contribution is -2.17. The third-order valence-corrected chi connectivity index (χ3v) is 5.40. The van der Waals surface area contributed by atoms with E-state index in [0.29, 0.717) is 41.6 Å². The lowest BCUT2D eigenvalue weighted by atomic mass is 10.2. The minimum Gasteiger partial charge on any atom is -0.486 e. The smallest absolute Gasteiger partial charge is 0.279 e. The first kappa shape index (κ1) is 16.9. The van der Waals surface area contributed by atoms with Gasteiger partial charge in [0, 0.05) is 22.2 Å². The first-order valence-electron chi connectivity index (χ1n) is 7.87. The van der Waals surface area contributed by atoms with Crippen LogP contribution in [0.25, 0.3) is 10.2 Å². The molecule has 0 unspecified atom stereocenters. The summed E-state index contributed by atoms with van der Waals surface area (Å²) in [4.78, 5) is 17.4. The van der Waals surface area contributed by atoms with Gasteiger partial charge in [-0.15, -0.1) is 6.42 Å². The predicted octanol–water partition coefficient (Wildman–Crippen LogP) is 3.61. The van der Waals surface area contributed by atoms with E-state index in [0.717, 1.165) is 14.7 Å². The molecule has 1 aliphatic rings. The van der Waals surface area contributed by atoms with E-state index in [9.17, 15) is 4.79 Å². The van der Waals surface area contributed by atoms with Crippen molar-refractivity contribution in [1.29, 1.82) is 0 Å². The summed E-state index contributed by atoms with van der Waals surface area (Å²) in [5.74, 6) is 3.68. The Labute approximate surface area is 162 Å². The summed E-state index contributed by atoms with van der Waals surface area (Å²) in [7, 11) is 0. The topological polar surface area (TPSA) is 52.8 Å². The van der Waals surface area contributed by atoms with E-state index in [2.05, 4.69) is 26.8 Å². The van der Waals surface area contributed by atoms with Crippen LogP contribution in [0.3, 0.4) is 0 Å². The molecule has 0 aliphatic carbocycles. The van der Waals surface area contributed by atoms with Gasteiger partial charge in [0.05, 0.1) is 16.8 Å². The number of terminal acetylenes is 1. The Morgan fingerprint density at radius 1 is 1.27 bits per heavy atom. The minimum absolute atomic E-state index is 0.310. The SMILES string of the molecule is C#CCn1c(=NC(=O)c2cccc(Br)c2)sc2cc3c(cc21)OCCO3. The lowest BCUT2D eigenvalue weighted by molar-refractivity contribution is 0.0998. The fraction of sp³-hybridized carbons (Fsp3) is 0.158. The van der Waals surface area contributed by atoms with E-state index in [1.165, 1.54) is 11.3 Å². The van der Waals surface area contributed by atoms with Gasteiger partial charge in [0.2, 0.25) is 0 Å². The van der Waals surface area contributed by atoms with Crippen molar-refractivity contribution in [2.45, 2.75) is 6.54 Å². The molecule has 1 aromatic heterocycles. The number of aromatic nitrogens is 1. The van der Waals surface area contributed by atoms with E-state index in [-0.39, 0.29) is 5.91 Å². The first-order chi connectivity index (χ1) is 12.7. The molecule has 0 saturated heterocycles. The molecule has 3 aromatic rings. The van der Waals surface area contributed by atoms with Crippen LogP contribution in [0, 0.1) is 12.3 Å². The van der Waals surface area contributed by atoms with Gasteiger partial charge in [0.1, 0.15) is 13.2 Å². The number of rotatable bonds is 2. The minimum atomic E-state index is -0.319. The highest BCUT2D eigenvalue weighted by molar-refractivity contribution is 9.10. The van der Waals surface area contributed by atoms with Crippen LogP contribution in [0.4, 0.5) is 0 Å². The number of halogens is 1. The Hall–Kier alpha value is -2.56. The average Bonchev–Trinajstić information content (AvgIpc) is 2.96. The highest BCUT2D eigenvalue weighted by Crippen LogP contribution is 2.35. The number of hydrogen-bond donors (Lipinski definition) is 0. The molecule has 0 radical (unpaired) electrons. The van der Waals surface area contributed by atoms with Crippen molar-refractivity contribution in [3.05, 3.63) is 51.2 Å². The standard InChI is InChI=1S/C19H13BrN2O3S/c1-2-6-22-14-10-15-16(25-8-7-24-15)11-17(14)26-19(22)21-18(23)12-4-3-5-13(20)9-12/h1,3-5,9-11H,6-8H2. The average molecular weight is 429 g/mol. The molecule has 4 rings (SSSR count). The van der Waals surface area contributed by atoms with Crippen molar-refractivity contribution in [2.24, 2.45) is 4.99 Å². The van der Waals surface area contributed by atoms with Crippen LogP contribution in [-0.2, 0) is 6.54 Å². The lowest BCUT2D eigenvalue weighted by Gasteiger charge is -2.18. The normalized spacial score (nSPS) is 13.6. The van der Waals surface area contributed by atoms with Gasteiger partial charge in [-0.2, -0.15) is 4.99 Å². The molecule has 130 valence electrons. The zero-order valence-corrected chi connectivity index (χ0v) is 16.0. The molecule has 26 heavy (non-hydrogen) atoms. The highest BCUT2D eigenvalue weighted by Gasteiger charge is 2.16. The summed E-state index contributed by atoms with van der Waals surface area (Å²) >= 11 is 4.77. The monoisotopic (exact) mass is 428 g/mol. The van der Waals surface area contributed by atoms with Gasteiger partial charge in [0.15, 0.2) is 16.3 Å². The molecule has 2 heterocycles. The van der Waals surface area contributed by atoms with Crippen molar-refractivity contribution in [3.8, 4) is 23.8 Å². The second-order valence-corrected chi connectivity index (χ2v) is 7.49. The third kappa shape index (κ3) is 3.14. The van der Waals surface area contributed by atoms with Crippen LogP contribution >= 0.6 is 27.3 Å². The second kappa shape index (κ2) is 6.98. The van der Waals surface area contributed by atoms with E-state index in [1.54, 1.807) is 18.2 Å². The molecule has 1 amide bonds. The maximum Gasteiger partial charge on any atom is 0.279 e. The van der Waals surface area contributed by atoms with Crippen LogP contribution in [0.15, 0.2) is 45.9 Å². The molecule has 2 aromatic carbocycles. The van der Waals surface area contributed by atoms with Crippen molar-refractivity contribution in [3.63, 3.8) is 0 Å². The Balaban J connectivity index is 1.87. The molecule has 0 spiro atoms. The number of hydrogen-bond acceptors (Lipinski definition) is 4. The van der Waals surface area contributed by atoms with Gasteiger partial charge in [-0.05, 0) is 18.2 Å². The molecule has 0 N–H and O–H groups in total. The van der Waals surface area contributed by atoms with Gasteiger partial charge < -0.3 is 14.0 Å². The molecule has 0 fully saturated rings. The Morgan fingerprint density at radius 3 is 2.77 bits per heavy atom. The zero-order valence-electron chi connectivity index (χ0n) is 13.6. The van der Waals surface area contributed by atoms with Crippen molar-refractivity contribution in [2.75, 3.05) is 13.2 Å². The number of carbonyl (C=O) groups is 1. The predicted molar refractivity (Wildman–Crippen MR) is 104 cm³/mol. The highest BCUT2D eigenvalue weighted by atomic mass is 79.9. The van der Waals surface area contributed by atoms with Crippen LogP contribution < -0.4 is 14.3 Å². The maximum absolute atomic E-state index is 12.6. The summed E-state index contributed by atoms with van der Waals surface area (Å²) in [6.45, 7) is 1.34. The fourth-order valence-electron chi connectivity index (χ4n) is 2.71. The summed E-state index contributed by atoms with van der Waals surface area (Å²) < 4.78 is 14.9. The van der Waals surface area contributed by atoms with E-state index in [4.69, 9.17) is 15.9 Å². The van der Waals surface area contributed by atoms with E-state index < -0.39 is 0 Å². The largest absolute Gasteiger partial charge is 0.486 e. The van der Waals surface area contributed by atoms with Gasteiger partial charge in [-0.25, -0.2) is 0 Å². The molecule has 0 saturated carbocycles. The zero-order chi connectivity index (χ0) is 18.1. The van der Waals surface area contributed by atoms with Crippen molar-refractivity contribution >= 4 is 43.4 Å². The number of fused-ring (bicyclic) bond motifs is 2. The second-order valence-electron chi connectivity index (χ2n) is 5.57. The Kier molecular flexibility index (Phi) is 4.53. The summed E-state index contributed by atoms with van der Waals surface area (Å²) in [6, 6.07) is 10.9. The van der Waals surface area contributed by atoms with Crippen molar-refractivity contribution < 1.29 is 14.3 Å². The quantitative estimate of drug-likeness (QED) is 0.585. The molecule has 0 atom stereocenters. The molecule has 1 aliphatic heterocycles. The fourth-order valence-corrected chi connectivity index (χ4v) is 4.15. The third-order valence-electron chi connectivity index (χ3n) is 3.86. The number of thiazole rings is 1. The number of carbonyl (C=O) groups excluding carboxylic acids is 1. The van der Waals surface area contributed by atoms with E-state index >= 15 is 0 Å². The Bertz CT molecular complexity index is 1120. The summed E-state index contributed by atoms with van der Waals surface area (Å²) in [6.07, 6.45) is 5.52. The maximum atomic E-state index is 12.6. The van der Waals surface area contributed by atoms with Gasteiger partial charge in [-0.1, -0.05) is 39.3 Å². The van der Waals surface area contributed by atoms with Crippen molar-refractivity contribution in [1.82, 2.24) is 4.57 Å². The van der Waals surface area contributed by atoms with E-state index in [1.807, 2.05) is 22.8 Å². The first-order valence-corrected chi connectivity index (χ1v) is 9.48. The molecule has 5 nitrogen and oxygen atoms in total. The number of benzene rings is 2.